The van der Waals surface area contributed by atoms with E-state index >= 15 is 0 Å². The molecule has 0 aliphatic carbocycles. The molecule has 41 valence electrons. The molecule has 1 radical (unpaired) electrons. The molecule has 0 atom stereocenters. The minimum absolute atomic E-state index is 0. The summed E-state index contributed by atoms with van der Waals surface area (Å²) in [5, 5.41) is 0. The van der Waals surface area contributed by atoms with Crippen molar-refractivity contribution in [1.82, 2.24) is 0 Å². The van der Waals surface area contributed by atoms with Crippen molar-refractivity contribution in [1.29, 1.82) is 0 Å². The Morgan fingerprint density at radius 2 is 0.875 bits per heavy atom. The summed E-state index contributed by atoms with van der Waals surface area (Å²) < 4.78 is 34.5. The standard InChI is InChI=1S/Cu.K.Li.4O.Ti/q+2;2*+1;4*-1;. The quantitative estimate of drug-likeness (QED) is 0.380. The van der Waals surface area contributed by atoms with E-state index in [0.717, 1.165) is 0 Å². The van der Waals surface area contributed by atoms with Gasteiger partial charge in [0.15, 0.2) is 0 Å². The first-order chi connectivity index (χ1) is 2.00. The normalized spacial score (nSPS) is 7.50. The SMILES string of the molecule is [Cu+2].[K+].[Li+].[O-][Ti]([O-])([O-])[O-]. The first-order valence-electron chi connectivity index (χ1n) is 0.816. The Hall–Kier alpha value is 3.31. The van der Waals surface area contributed by atoms with Crippen molar-refractivity contribution in [3.63, 3.8) is 0 Å². The second-order valence-corrected chi connectivity index (χ2v) is 2.06. The molecular formula is CuKLiO4Ti. The van der Waals surface area contributed by atoms with Crippen LogP contribution in [0.3, 0.4) is 0 Å². The van der Waals surface area contributed by atoms with Crippen LogP contribution in [-0.4, -0.2) is 0 Å². The van der Waals surface area contributed by atoms with E-state index in [1.165, 1.54) is 0 Å². The predicted molar refractivity (Wildman–Crippen MR) is 0 cm³/mol. The number of rotatable bonds is 0. The van der Waals surface area contributed by atoms with Gasteiger partial charge >= 0.3 is 120 Å². The van der Waals surface area contributed by atoms with Crippen LogP contribution in [0.5, 0.6) is 0 Å². The average Bonchev–Trinajstić information content (AvgIpc) is 0.722. The predicted octanol–water partition coefficient (Wildman–Crippen LogP) is -10.8. The second-order valence-electron chi connectivity index (χ2n) is 0.500. The Bertz CT molecular complexity index is 31.5. The molecule has 0 aromatic heterocycles. The van der Waals surface area contributed by atoms with E-state index in [1.807, 2.05) is 0 Å². The van der Waals surface area contributed by atoms with Crippen LogP contribution in [0, 0.1) is 0 Å². The Morgan fingerprint density at radius 1 is 0.875 bits per heavy atom. The number of hydrogen-bond donors (Lipinski definition) is 0. The van der Waals surface area contributed by atoms with Crippen LogP contribution in [0.2, 0.25) is 0 Å². The monoisotopic (exact) mass is 221 g/mol. The summed E-state index contributed by atoms with van der Waals surface area (Å²) in [6, 6.07) is 0. The fourth-order valence-electron chi connectivity index (χ4n) is 0. The molecule has 8 heavy (non-hydrogen) atoms. The van der Waals surface area contributed by atoms with Gasteiger partial charge in [-0.3, -0.25) is 0 Å². The summed E-state index contributed by atoms with van der Waals surface area (Å²) in [6.45, 7) is 0. The van der Waals surface area contributed by atoms with E-state index in [1.54, 1.807) is 0 Å². The molecule has 0 N–H and O–H groups in total. The van der Waals surface area contributed by atoms with Gasteiger partial charge in [-0.05, 0) is 0 Å². The van der Waals surface area contributed by atoms with Crippen molar-refractivity contribution >= 4 is 0 Å². The second kappa shape index (κ2) is 10.3. The Kier molecular flexibility index (Phi) is 29.0. The molecule has 0 heterocycles. The van der Waals surface area contributed by atoms with Gasteiger partial charge in [0.1, 0.15) is 0 Å². The Morgan fingerprint density at radius 3 is 0.875 bits per heavy atom. The van der Waals surface area contributed by atoms with Crippen molar-refractivity contribution in [2.45, 2.75) is 0 Å². The van der Waals surface area contributed by atoms with Gasteiger partial charge in [0.05, 0.1) is 0 Å². The van der Waals surface area contributed by atoms with E-state index in [4.69, 9.17) is 14.8 Å². The third-order valence-corrected chi connectivity index (χ3v) is 0. The van der Waals surface area contributed by atoms with E-state index < -0.39 is 18.1 Å². The van der Waals surface area contributed by atoms with Crippen LogP contribution < -0.4 is 85.0 Å². The molecule has 0 aliphatic rings. The van der Waals surface area contributed by atoms with Crippen molar-refractivity contribution in [3.05, 3.63) is 0 Å². The Labute approximate surface area is 117 Å². The van der Waals surface area contributed by atoms with E-state index in [-0.39, 0.29) is 87.3 Å². The first kappa shape index (κ1) is 22.5. The number of hydrogen-bond acceptors (Lipinski definition) is 4. The molecule has 0 aliphatic heterocycles. The fourth-order valence-corrected chi connectivity index (χ4v) is 0. The molecule has 0 aromatic rings. The maximum atomic E-state index is 8.62. The zero-order valence-corrected chi connectivity index (χ0v) is 10.1. The molecule has 0 unspecified atom stereocenters. The van der Waals surface area contributed by atoms with Crippen molar-refractivity contribution < 1.29 is 120 Å². The van der Waals surface area contributed by atoms with Gasteiger partial charge in [-0.25, -0.2) is 0 Å². The molecule has 0 spiro atoms. The topological polar surface area (TPSA) is 92.2 Å². The molecule has 4 nitrogen and oxygen atoms in total. The third kappa shape index (κ3) is 58.7. The van der Waals surface area contributed by atoms with E-state index in [9.17, 15) is 0 Å². The molecule has 0 rings (SSSR count). The fraction of sp³-hybridized carbons (Fsp3) is 0. The molecule has 8 heteroatoms. The molecule has 0 fully saturated rings. The minimum atomic E-state index is -6.00. The zero-order valence-electron chi connectivity index (χ0n) is 4.43. The Balaban J connectivity index is -0.0000000267. The molecule has 0 aromatic carbocycles. The third-order valence-electron chi connectivity index (χ3n) is 0. The van der Waals surface area contributed by atoms with Crippen LogP contribution in [0.1, 0.15) is 0 Å². The van der Waals surface area contributed by atoms with Gasteiger partial charge in [0, 0.05) is 0 Å². The maximum absolute atomic E-state index is 8.62. The summed E-state index contributed by atoms with van der Waals surface area (Å²) in [5.74, 6) is 0. The van der Waals surface area contributed by atoms with E-state index in [0.29, 0.717) is 0 Å². The van der Waals surface area contributed by atoms with Crippen molar-refractivity contribution in [3.8, 4) is 0 Å². The summed E-state index contributed by atoms with van der Waals surface area (Å²) >= 11 is -6.00. The van der Waals surface area contributed by atoms with Gasteiger partial charge in [-0.1, -0.05) is 0 Å². The summed E-state index contributed by atoms with van der Waals surface area (Å²) in [6.07, 6.45) is 0. The average molecular weight is 221 g/mol. The van der Waals surface area contributed by atoms with Gasteiger partial charge < -0.3 is 0 Å². The molecule has 0 saturated carbocycles. The van der Waals surface area contributed by atoms with Crippen LogP contribution in [0.4, 0.5) is 0 Å². The molecular weight excluding hydrogens is 221 g/mol. The zero-order chi connectivity index (χ0) is 4.50. The summed E-state index contributed by atoms with van der Waals surface area (Å²) in [5.41, 5.74) is 0. The van der Waals surface area contributed by atoms with Crippen LogP contribution >= 0.6 is 0 Å². The van der Waals surface area contributed by atoms with Crippen molar-refractivity contribution in [2.24, 2.45) is 0 Å². The van der Waals surface area contributed by atoms with Gasteiger partial charge in [0.25, 0.3) is 0 Å². The molecule has 0 saturated heterocycles. The molecule has 0 amide bonds. The van der Waals surface area contributed by atoms with E-state index in [2.05, 4.69) is 0 Å². The van der Waals surface area contributed by atoms with Crippen LogP contribution in [0.25, 0.3) is 0 Å². The summed E-state index contributed by atoms with van der Waals surface area (Å²) in [7, 11) is 0. The van der Waals surface area contributed by atoms with Crippen molar-refractivity contribution in [2.75, 3.05) is 0 Å². The molecule has 0 bridgehead atoms. The van der Waals surface area contributed by atoms with Gasteiger partial charge in [-0.15, -0.1) is 0 Å². The van der Waals surface area contributed by atoms with Gasteiger partial charge in [0.2, 0.25) is 0 Å². The van der Waals surface area contributed by atoms with Crippen LogP contribution in [-0.2, 0) is 35.2 Å². The first-order valence-corrected chi connectivity index (χ1v) is 3.37. The van der Waals surface area contributed by atoms with Gasteiger partial charge in [-0.2, -0.15) is 0 Å². The summed E-state index contributed by atoms with van der Waals surface area (Å²) in [4.78, 5) is 0. The van der Waals surface area contributed by atoms with Crippen LogP contribution in [0.15, 0.2) is 0 Å².